The Bertz CT molecular complexity index is 889. The number of carbonyl (C=O) groups is 1. The van der Waals surface area contributed by atoms with Crippen molar-refractivity contribution in [1.82, 2.24) is 0 Å². The first kappa shape index (κ1) is 26.6. The molecule has 1 amide bonds. The van der Waals surface area contributed by atoms with Crippen LogP contribution in [0.4, 0.5) is 5.69 Å². The zero-order valence-electron chi connectivity index (χ0n) is 19.7. The summed E-state index contributed by atoms with van der Waals surface area (Å²) < 4.78 is 21.2. The van der Waals surface area contributed by atoms with Gasteiger partial charge in [-0.15, -0.1) is 0 Å². The Morgan fingerprint density at radius 2 is 1.44 bits per heavy atom. The number of benzene rings is 2. The van der Waals surface area contributed by atoms with E-state index in [0.29, 0.717) is 28.7 Å². The molecule has 6 N–H and O–H groups in total. The molecule has 0 radical (unpaired) electrons. The topological polar surface area (TPSA) is 132 Å². The highest BCUT2D eigenvalue weighted by atomic mass is 16.5. The van der Waals surface area contributed by atoms with Crippen LogP contribution in [0.25, 0.3) is 12.2 Å². The number of anilines is 1. The molecule has 0 aromatic heterocycles. The normalized spacial score (nSPS) is 12.3. The van der Waals surface area contributed by atoms with E-state index >= 15 is 0 Å². The molecule has 0 aliphatic rings. The number of carbonyl (C=O) groups excluding carboxylic acids is 1. The molecule has 2 aromatic rings. The van der Waals surface area contributed by atoms with Gasteiger partial charge in [0.15, 0.2) is 11.5 Å². The first-order valence-electron chi connectivity index (χ1n) is 10.2. The number of nitrogens with two attached hydrogens (primary N) is 3. The Labute approximate surface area is 190 Å². The molecule has 2 aromatic carbocycles. The fourth-order valence-corrected chi connectivity index (χ4v) is 2.78. The maximum Gasteiger partial charge on any atom is 0.234 e. The fourth-order valence-electron chi connectivity index (χ4n) is 2.78. The Morgan fingerprint density at radius 3 is 1.81 bits per heavy atom. The molecule has 0 saturated heterocycles. The van der Waals surface area contributed by atoms with E-state index in [1.807, 2.05) is 56.3 Å². The number of hydrogen-bond acceptors (Lipinski definition) is 7. The predicted molar refractivity (Wildman–Crippen MR) is 129 cm³/mol. The van der Waals surface area contributed by atoms with Gasteiger partial charge in [-0.1, -0.05) is 38.5 Å². The van der Waals surface area contributed by atoms with Gasteiger partial charge in [0.1, 0.15) is 5.75 Å². The summed E-state index contributed by atoms with van der Waals surface area (Å²) in [6, 6.07) is 8.91. The molecule has 0 heterocycles. The molecule has 8 nitrogen and oxygen atoms in total. The summed E-state index contributed by atoms with van der Waals surface area (Å²) in [6.07, 6.45) is 4.80. The second-order valence-corrected chi connectivity index (χ2v) is 7.11. The summed E-state index contributed by atoms with van der Waals surface area (Å²) in [5, 5.41) is 0. The van der Waals surface area contributed by atoms with Gasteiger partial charge in [0.2, 0.25) is 11.7 Å². The average Bonchev–Trinajstić information content (AvgIpc) is 2.81. The molecule has 2 rings (SSSR count). The third kappa shape index (κ3) is 7.39. The molecule has 0 saturated carbocycles. The highest BCUT2D eigenvalue weighted by Crippen LogP contribution is 2.38. The Balaban J connectivity index is 0.000000482. The van der Waals surface area contributed by atoms with Gasteiger partial charge in [-0.3, -0.25) is 4.79 Å². The number of methoxy groups -OCH3 is 4. The average molecular weight is 446 g/mol. The van der Waals surface area contributed by atoms with E-state index in [0.717, 1.165) is 17.5 Å². The smallest absolute Gasteiger partial charge is 0.234 e. The first-order chi connectivity index (χ1) is 15.2. The summed E-state index contributed by atoms with van der Waals surface area (Å²) in [5.41, 5.74) is 18.8. The number of amides is 1. The Kier molecular flexibility index (Phi) is 10.9. The Hall–Kier alpha value is -3.39. The van der Waals surface area contributed by atoms with Crippen LogP contribution in [0.3, 0.4) is 0 Å². The lowest BCUT2D eigenvalue weighted by Crippen LogP contribution is -2.41. The van der Waals surface area contributed by atoms with Crippen molar-refractivity contribution in [3.8, 4) is 23.0 Å². The van der Waals surface area contributed by atoms with Crippen LogP contribution in [0.5, 0.6) is 23.0 Å². The third-order valence-corrected chi connectivity index (χ3v) is 4.99. The fraction of sp³-hybridized carbons (Fsp3) is 0.375. The number of nitrogen functional groups attached to an aromatic ring is 1. The highest BCUT2D eigenvalue weighted by Gasteiger charge is 2.15. The number of rotatable bonds is 9. The molecule has 0 fully saturated rings. The number of ether oxygens (including phenoxy) is 4. The predicted octanol–water partition coefficient (Wildman–Crippen LogP) is 3.32. The minimum Gasteiger partial charge on any atom is -0.495 e. The van der Waals surface area contributed by atoms with Crippen molar-refractivity contribution < 1.29 is 23.7 Å². The van der Waals surface area contributed by atoms with Crippen molar-refractivity contribution in [2.75, 3.05) is 34.2 Å². The van der Waals surface area contributed by atoms with E-state index in [9.17, 15) is 4.79 Å². The molecular formula is C24H35N3O5. The van der Waals surface area contributed by atoms with Gasteiger partial charge < -0.3 is 36.1 Å². The van der Waals surface area contributed by atoms with Crippen molar-refractivity contribution in [2.45, 2.75) is 26.3 Å². The first-order valence-corrected chi connectivity index (χ1v) is 10.2. The van der Waals surface area contributed by atoms with Crippen LogP contribution in [-0.4, -0.2) is 40.4 Å². The van der Waals surface area contributed by atoms with E-state index in [2.05, 4.69) is 0 Å². The zero-order valence-corrected chi connectivity index (χ0v) is 19.7. The molecule has 0 aliphatic heterocycles. The van der Waals surface area contributed by atoms with E-state index in [1.54, 1.807) is 28.4 Å². The van der Waals surface area contributed by atoms with Gasteiger partial charge in [-0.25, -0.2) is 0 Å². The van der Waals surface area contributed by atoms with E-state index in [-0.39, 0.29) is 5.92 Å². The maximum atomic E-state index is 10.4. The van der Waals surface area contributed by atoms with Crippen LogP contribution in [-0.2, 0) is 4.79 Å². The minimum absolute atomic E-state index is 0.197. The van der Waals surface area contributed by atoms with Crippen LogP contribution in [0.1, 0.15) is 31.4 Å². The van der Waals surface area contributed by atoms with Gasteiger partial charge >= 0.3 is 0 Å². The van der Waals surface area contributed by atoms with Crippen molar-refractivity contribution >= 4 is 23.7 Å². The largest absolute Gasteiger partial charge is 0.495 e. The summed E-state index contributed by atoms with van der Waals surface area (Å²) in [5.74, 6) is 2.24. The maximum absolute atomic E-state index is 10.4. The lowest BCUT2D eigenvalue weighted by atomic mass is 10.00. The van der Waals surface area contributed by atoms with Gasteiger partial charge in [-0.05, 0) is 41.3 Å². The van der Waals surface area contributed by atoms with Crippen LogP contribution in [0.15, 0.2) is 30.3 Å². The van der Waals surface area contributed by atoms with Gasteiger partial charge in [0.05, 0.1) is 40.2 Å². The summed E-state index contributed by atoms with van der Waals surface area (Å²) in [6.45, 7) is 3.89. The third-order valence-electron chi connectivity index (χ3n) is 4.99. The second-order valence-electron chi connectivity index (χ2n) is 7.11. The van der Waals surface area contributed by atoms with E-state index in [1.165, 1.54) is 0 Å². The van der Waals surface area contributed by atoms with E-state index < -0.39 is 11.9 Å². The van der Waals surface area contributed by atoms with Gasteiger partial charge in [-0.2, -0.15) is 0 Å². The molecule has 176 valence electrons. The molecule has 0 bridgehead atoms. The van der Waals surface area contributed by atoms with Crippen LogP contribution in [0, 0.1) is 5.92 Å². The van der Waals surface area contributed by atoms with Crippen LogP contribution < -0.4 is 36.1 Å². The van der Waals surface area contributed by atoms with Gasteiger partial charge in [0, 0.05) is 0 Å². The summed E-state index contributed by atoms with van der Waals surface area (Å²) >= 11 is 0. The Morgan fingerprint density at radius 1 is 0.906 bits per heavy atom. The second kappa shape index (κ2) is 13.1. The number of hydrogen-bond donors (Lipinski definition) is 3. The zero-order chi connectivity index (χ0) is 24.3. The molecule has 0 spiro atoms. The molecule has 8 heteroatoms. The summed E-state index contributed by atoms with van der Waals surface area (Å²) in [7, 11) is 6.36. The van der Waals surface area contributed by atoms with Crippen molar-refractivity contribution in [3.05, 3.63) is 41.5 Å². The van der Waals surface area contributed by atoms with Crippen LogP contribution in [0.2, 0.25) is 0 Å². The van der Waals surface area contributed by atoms with Crippen molar-refractivity contribution in [3.63, 3.8) is 0 Å². The minimum atomic E-state index is -0.477. The van der Waals surface area contributed by atoms with Crippen molar-refractivity contribution in [2.24, 2.45) is 17.4 Å². The molecule has 0 aliphatic carbocycles. The van der Waals surface area contributed by atoms with E-state index in [4.69, 9.17) is 36.1 Å². The van der Waals surface area contributed by atoms with Crippen LogP contribution >= 0.6 is 0 Å². The monoisotopic (exact) mass is 445 g/mol. The number of primary amides is 1. The lowest BCUT2D eigenvalue weighted by Gasteiger charge is -2.13. The summed E-state index contributed by atoms with van der Waals surface area (Å²) in [4.78, 5) is 10.4. The highest BCUT2D eigenvalue weighted by molar-refractivity contribution is 5.79. The molecule has 0 unspecified atom stereocenters. The molecule has 2 atom stereocenters. The quantitative estimate of drug-likeness (QED) is 0.398. The molecule has 32 heavy (non-hydrogen) atoms. The molecular weight excluding hydrogens is 410 g/mol. The SMILES string of the molecule is CC[C@@H](C)[C@@H](N)C(N)=O.COc1ccc(/C=C\c2cc(OC)c(OC)c(OC)c2)cc1N. The van der Waals surface area contributed by atoms with Gasteiger partial charge in [0.25, 0.3) is 0 Å². The van der Waals surface area contributed by atoms with Crippen molar-refractivity contribution in [1.29, 1.82) is 0 Å². The standard InChI is InChI=1S/C18H21NO4.C6H14N2O/c1-20-15-8-7-12(9-14(15)19)5-6-13-10-16(21-2)18(23-4)17(11-13)22-3;1-3-4(2)5(7)6(8)9/h5-11H,19H2,1-4H3;4-5H,3,7H2,1-2H3,(H2,8,9)/b6-5-;/t;4-,5-/m.1/s1. The lowest BCUT2D eigenvalue weighted by molar-refractivity contribution is -0.120.